The molecular formula is C14H20N2O4S. The first-order chi connectivity index (χ1) is 9.90. The Morgan fingerprint density at radius 3 is 2.67 bits per heavy atom. The SMILES string of the molecule is Cc1noc(C)c1CSCC(=O)N1CC(C(C)C(=O)O)C1. The number of nitrogens with zero attached hydrogens (tertiary/aromatic N) is 2. The van der Waals surface area contributed by atoms with E-state index in [2.05, 4.69) is 5.16 Å². The molecule has 0 radical (unpaired) electrons. The number of rotatable bonds is 6. The van der Waals surface area contributed by atoms with Gasteiger partial charge in [-0.25, -0.2) is 0 Å². The van der Waals surface area contributed by atoms with Crippen LogP contribution in [0.3, 0.4) is 0 Å². The molecule has 1 atom stereocenters. The minimum atomic E-state index is -0.792. The highest BCUT2D eigenvalue weighted by atomic mass is 32.2. The Kier molecular flexibility index (Phi) is 4.92. The first-order valence-electron chi connectivity index (χ1n) is 6.90. The number of hydrogen-bond donors (Lipinski definition) is 1. The van der Waals surface area contributed by atoms with Crippen LogP contribution in [0.4, 0.5) is 0 Å². The lowest BCUT2D eigenvalue weighted by Gasteiger charge is -2.41. The van der Waals surface area contributed by atoms with Crippen LogP contribution in [0.15, 0.2) is 4.52 Å². The summed E-state index contributed by atoms with van der Waals surface area (Å²) in [6.45, 7) is 6.56. The lowest BCUT2D eigenvalue weighted by molar-refractivity contribution is -0.149. The minimum Gasteiger partial charge on any atom is -0.481 e. The fourth-order valence-corrected chi connectivity index (χ4v) is 3.35. The van der Waals surface area contributed by atoms with E-state index in [1.54, 1.807) is 11.8 Å². The fraction of sp³-hybridized carbons (Fsp3) is 0.643. The number of aryl methyl sites for hydroxylation is 2. The van der Waals surface area contributed by atoms with E-state index in [1.165, 1.54) is 11.8 Å². The molecule has 0 aliphatic carbocycles. The number of likely N-dealkylation sites (tertiary alicyclic amines) is 1. The maximum atomic E-state index is 12.0. The monoisotopic (exact) mass is 312 g/mol. The van der Waals surface area contributed by atoms with E-state index >= 15 is 0 Å². The van der Waals surface area contributed by atoms with Crippen molar-refractivity contribution in [1.29, 1.82) is 0 Å². The van der Waals surface area contributed by atoms with E-state index < -0.39 is 5.97 Å². The number of carbonyl (C=O) groups excluding carboxylic acids is 1. The summed E-state index contributed by atoms with van der Waals surface area (Å²) in [7, 11) is 0. The molecule has 1 amide bonds. The summed E-state index contributed by atoms with van der Waals surface area (Å²) in [5, 5.41) is 12.8. The average Bonchev–Trinajstić information content (AvgIpc) is 2.68. The first-order valence-corrected chi connectivity index (χ1v) is 8.05. The second kappa shape index (κ2) is 6.51. The molecule has 6 nitrogen and oxygen atoms in total. The van der Waals surface area contributed by atoms with Crippen LogP contribution in [0, 0.1) is 25.7 Å². The lowest BCUT2D eigenvalue weighted by atomic mass is 9.87. The summed E-state index contributed by atoms with van der Waals surface area (Å²) in [5.41, 5.74) is 1.92. The second-order valence-corrected chi connectivity index (χ2v) is 6.47. The number of carboxylic acid groups (broad SMARTS) is 1. The highest BCUT2D eigenvalue weighted by molar-refractivity contribution is 7.99. The van der Waals surface area contributed by atoms with Gasteiger partial charge < -0.3 is 14.5 Å². The summed E-state index contributed by atoms with van der Waals surface area (Å²) in [5.74, 6) is 0.878. The lowest BCUT2D eigenvalue weighted by Crippen LogP contribution is -2.54. The highest BCUT2D eigenvalue weighted by Gasteiger charge is 2.36. The Hall–Kier alpha value is -1.50. The van der Waals surface area contributed by atoms with Gasteiger partial charge in [0, 0.05) is 30.3 Å². The van der Waals surface area contributed by atoms with Gasteiger partial charge >= 0.3 is 5.97 Å². The summed E-state index contributed by atoms with van der Waals surface area (Å²) >= 11 is 1.53. The number of carboxylic acids is 1. The molecular weight excluding hydrogens is 292 g/mol. The van der Waals surface area contributed by atoms with Gasteiger partial charge in [0.05, 0.1) is 17.4 Å². The van der Waals surface area contributed by atoms with Crippen LogP contribution in [0.2, 0.25) is 0 Å². The molecule has 0 aromatic carbocycles. The number of carbonyl (C=O) groups is 2. The van der Waals surface area contributed by atoms with Crippen molar-refractivity contribution in [2.24, 2.45) is 11.8 Å². The third kappa shape index (κ3) is 3.58. The molecule has 0 saturated carbocycles. The van der Waals surface area contributed by atoms with Crippen molar-refractivity contribution < 1.29 is 19.2 Å². The number of hydrogen-bond acceptors (Lipinski definition) is 5. The Morgan fingerprint density at radius 2 is 2.14 bits per heavy atom. The Labute approximate surface area is 127 Å². The molecule has 1 aliphatic heterocycles. The van der Waals surface area contributed by atoms with Crippen LogP contribution >= 0.6 is 11.8 Å². The molecule has 1 aliphatic rings. The molecule has 1 saturated heterocycles. The summed E-state index contributed by atoms with van der Waals surface area (Å²) in [6, 6.07) is 0. The number of amides is 1. The smallest absolute Gasteiger partial charge is 0.306 e. The van der Waals surface area contributed by atoms with Gasteiger partial charge in [0.2, 0.25) is 5.91 Å². The Bertz CT molecular complexity index is 518. The standard InChI is InChI=1S/C14H20N2O4S/c1-8(14(18)19)11-4-16(5-11)13(17)7-21-6-12-9(2)15-20-10(12)3/h8,11H,4-7H2,1-3H3,(H,18,19). The molecule has 2 heterocycles. The zero-order valence-electron chi connectivity index (χ0n) is 12.5. The van der Waals surface area contributed by atoms with Crippen molar-refractivity contribution in [1.82, 2.24) is 10.1 Å². The molecule has 1 N–H and O–H groups in total. The molecule has 7 heteroatoms. The van der Waals surface area contributed by atoms with Crippen molar-refractivity contribution in [2.75, 3.05) is 18.8 Å². The maximum absolute atomic E-state index is 12.0. The van der Waals surface area contributed by atoms with Gasteiger partial charge in [-0.2, -0.15) is 0 Å². The Balaban J connectivity index is 1.71. The van der Waals surface area contributed by atoms with Crippen LogP contribution < -0.4 is 0 Å². The van der Waals surface area contributed by atoms with Gasteiger partial charge in [-0.1, -0.05) is 12.1 Å². The Morgan fingerprint density at radius 1 is 1.48 bits per heavy atom. The summed E-state index contributed by atoms with van der Waals surface area (Å²) in [6.07, 6.45) is 0. The minimum absolute atomic E-state index is 0.0700. The van der Waals surface area contributed by atoms with Gasteiger partial charge in [-0.3, -0.25) is 9.59 Å². The third-order valence-electron chi connectivity index (χ3n) is 4.01. The summed E-state index contributed by atoms with van der Waals surface area (Å²) in [4.78, 5) is 24.6. The van der Waals surface area contributed by atoms with Gasteiger partial charge in [0.15, 0.2) is 0 Å². The maximum Gasteiger partial charge on any atom is 0.306 e. The first kappa shape index (κ1) is 15.9. The molecule has 2 rings (SSSR count). The van der Waals surface area contributed by atoms with Crippen LogP contribution in [0.5, 0.6) is 0 Å². The van der Waals surface area contributed by atoms with Crippen molar-refractivity contribution >= 4 is 23.6 Å². The van der Waals surface area contributed by atoms with Crippen molar-refractivity contribution in [3.63, 3.8) is 0 Å². The molecule has 1 fully saturated rings. The van der Waals surface area contributed by atoms with Crippen LogP contribution in [-0.2, 0) is 15.3 Å². The molecule has 0 spiro atoms. The zero-order chi connectivity index (χ0) is 15.6. The molecule has 21 heavy (non-hydrogen) atoms. The molecule has 116 valence electrons. The normalized spacial score (nSPS) is 16.6. The quantitative estimate of drug-likeness (QED) is 0.861. The predicted octanol–water partition coefficient (Wildman–Crippen LogP) is 1.70. The van der Waals surface area contributed by atoms with E-state index in [0.717, 1.165) is 17.0 Å². The largest absolute Gasteiger partial charge is 0.481 e. The van der Waals surface area contributed by atoms with E-state index in [4.69, 9.17) is 9.63 Å². The van der Waals surface area contributed by atoms with Gasteiger partial charge in [0.25, 0.3) is 0 Å². The number of aliphatic carboxylic acids is 1. The van der Waals surface area contributed by atoms with Gasteiger partial charge in [0.1, 0.15) is 5.76 Å². The van der Waals surface area contributed by atoms with E-state index in [9.17, 15) is 9.59 Å². The fourth-order valence-electron chi connectivity index (χ4n) is 2.27. The van der Waals surface area contributed by atoms with Crippen LogP contribution in [0.1, 0.15) is 23.9 Å². The zero-order valence-corrected chi connectivity index (χ0v) is 13.3. The molecule has 1 aromatic rings. The topological polar surface area (TPSA) is 83.6 Å². The van der Waals surface area contributed by atoms with E-state index in [0.29, 0.717) is 24.6 Å². The molecule has 0 bridgehead atoms. The number of aromatic nitrogens is 1. The second-order valence-electron chi connectivity index (χ2n) is 5.48. The molecule has 1 unspecified atom stereocenters. The number of thioether (sulfide) groups is 1. The highest BCUT2D eigenvalue weighted by Crippen LogP contribution is 2.25. The van der Waals surface area contributed by atoms with Crippen LogP contribution in [-0.4, -0.2) is 45.9 Å². The van der Waals surface area contributed by atoms with E-state index in [1.807, 2.05) is 13.8 Å². The van der Waals surface area contributed by atoms with Gasteiger partial charge in [-0.05, 0) is 13.8 Å². The average molecular weight is 312 g/mol. The third-order valence-corrected chi connectivity index (χ3v) is 4.96. The molecule has 1 aromatic heterocycles. The summed E-state index contributed by atoms with van der Waals surface area (Å²) < 4.78 is 5.08. The van der Waals surface area contributed by atoms with Crippen molar-refractivity contribution in [2.45, 2.75) is 26.5 Å². The van der Waals surface area contributed by atoms with Crippen LogP contribution in [0.25, 0.3) is 0 Å². The van der Waals surface area contributed by atoms with Crippen molar-refractivity contribution in [3.8, 4) is 0 Å². The van der Waals surface area contributed by atoms with Crippen molar-refractivity contribution in [3.05, 3.63) is 17.0 Å². The van der Waals surface area contributed by atoms with Gasteiger partial charge in [-0.15, -0.1) is 11.8 Å². The predicted molar refractivity (Wildman–Crippen MR) is 79.0 cm³/mol. The van der Waals surface area contributed by atoms with E-state index in [-0.39, 0.29) is 17.7 Å².